The number of aromatic nitrogens is 4. The number of carbonyl (C=O) groups excluding carboxylic acids is 3. The van der Waals surface area contributed by atoms with E-state index in [1.165, 1.54) is 34.5 Å². The minimum Gasteiger partial charge on any atom is -0.459 e. The highest BCUT2D eigenvalue weighted by atomic mass is 79.9. The molecule has 0 radical (unpaired) electrons. The van der Waals surface area contributed by atoms with Gasteiger partial charge in [0.2, 0.25) is 12.6 Å². The SMILES string of the molecule is CC(=O)OC1C[C@@H](n2cc(C=CBr)c(=O)[nH]c2=O)O[C@H]1C(O)OC(=O)OC(O)[C@@H]1O[C@H](n2cc(C=CBr)c(=O)[nH]c2=O)CC1OC(C)=O. The Hall–Kier alpha value is -4.15. The summed E-state index contributed by atoms with van der Waals surface area (Å²) in [7, 11) is 0. The molecule has 4 unspecified atom stereocenters. The van der Waals surface area contributed by atoms with E-state index in [1.54, 1.807) is 0 Å². The lowest BCUT2D eigenvalue weighted by molar-refractivity contribution is -0.214. The summed E-state index contributed by atoms with van der Waals surface area (Å²) in [6.07, 6.45) is -9.54. The molecule has 4 heterocycles. The molecule has 260 valence electrons. The molecule has 4 N–H and O–H groups in total. The van der Waals surface area contributed by atoms with Gasteiger partial charge in [0.1, 0.15) is 24.7 Å². The van der Waals surface area contributed by atoms with Gasteiger partial charge in [-0.15, -0.1) is 0 Å². The summed E-state index contributed by atoms with van der Waals surface area (Å²) >= 11 is 6.07. The summed E-state index contributed by atoms with van der Waals surface area (Å²) in [5.41, 5.74) is -3.04. The van der Waals surface area contributed by atoms with Gasteiger partial charge in [0.05, 0.1) is 11.1 Å². The van der Waals surface area contributed by atoms with Crippen LogP contribution in [0.5, 0.6) is 0 Å². The molecule has 0 aromatic carbocycles. The second kappa shape index (κ2) is 15.8. The van der Waals surface area contributed by atoms with E-state index >= 15 is 0 Å². The Morgan fingerprint density at radius 2 is 1.17 bits per heavy atom. The van der Waals surface area contributed by atoms with Gasteiger partial charge < -0.3 is 38.6 Å². The molecule has 2 aromatic rings. The van der Waals surface area contributed by atoms with E-state index in [4.69, 9.17) is 28.4 Å². The third-order valence-electron chi connectivity index (χ3n) is 6.96. The Morgan fingerprint density at radius 1 is 0.792 bits per heavy atom. The number of aliphatic hydroxyl groups excluding tert-OH is 2. The Labute approximate surface area is 284 Å². The van der Waals surface area contributed by atoms with Gasteiger partial charge in [0.15, 0.2) is 12.2 Å². The van der Waals surface area contributed by atoms with E-state index in [-0.39, 0.29) is 24.0 Å². The van der Waals surface area contributed by atoms with Gasteiger partial charge in [-0.3, -0.25) is 38.3 Å². The van der Waals surface area contributed by atoms with Crippen LogP contribution < -0.4 is 22.5 Å². The van der Waals surface area contributed by atoms with Crippen LogP contribution in [0, 0.1) is 0 Å². The number of hydrogen-bond acceptors (Lipinski definition) is 15. The molecular weight excluding hydrogens is 780 g/mol. The van der Waals surface area contributed by atoms with Crippen molar-refractivity contribution in [2.24, 2.45) is 0 Å². The fourth-order valence-corrected chi connectivity index (χ4v) is 5.56. The normalized spacial score (nSPS) is 25.2. The molecule has 2 aliphatic rings. The van der Waals surface area contributed by atoms with Gasteiger partial charge in [-0.2, -0.15) is 0 Å². The Morgan fingerprint density at radius 3 is 1.50 bits per heavy atom. The Balaban J connectivity index is 1.48. The zero-order valence-electron chi connectivity index (χ0n) is 24.8. The third-order valence-corrected chi connectivity index (χ3v) is 7.48. The third kappa shape index (κ3) is 8.65. The highest BCUT2D eigenvalue weighted by Gasteiger charge is 2.47. The summed E-state index contributed by atoms with van der Waals surface area (Å²) in [5, 5.41) is 21.4. The molecule has 0 amide bonds. The average Bonchev–Trinajstić information content (AvgIpc) is 3.59. The zero-order valence-corrected chi connectivity index (χ0v) is 28.0. The first-order chi connectivity index (χ1) is 22.7. The number of carbonyl (C=O) groups is 3. The van der Waals surface area contributed by atoms with Crippen LogP contribution >= 0.6 is 31.9 Å². The Bertz CT molecular complexity index is 1700. The Kier molecular flexibility index (Phi) is 12.1. The van der Waals surface area contributed by atoms with Gasteiger partial charge in [0.25, 0.3) is 11.1 Å². The molecule has 0 saturated carbocycles. The summed E-state index contributed by atoms with van der Waals surface area (Å²) in [4.78, 5) is 92.3. The number of H-pyrrole nitrogens is 2. The lowest BCUT2D eigenvalue weighted by Gasteiger charge is -2.25. The monoisotopic (exact) mass is 806 g/mol. The van der Waals surface area contributed by atoms with E-state index in [0.29, 0.717) is 0 Å². The van der Waals surface area contributed by atoms with E-state index < -0.39 is 90.0 Å². The fourth-order valence-electron chi connectivity index (χ4n) is 4.99. The average molecular weight is 808 g/mol. The second-order valence-corrected chi connectivity index (χ2v) is 11.3. The molecular formula is C27H28Br2N4O15. The molecule has 0 aliphatic carbocycles. The fraction of sp³-hybridized carbons (Fsp3) is 0.444. The number of aliphatic hydroxyl groups is 2. The van der Waals surface area contributed by atoms with E-state index in [2.05, 4.69) is 41.8 Å². The summed E-state index contributed by atoms with van der Waals surface area (Å²) < 4.78 is 33.4. The predicted octanol–water partition coefficient (Wildman–Crippen LogP) is 0.0464. The molecule has 2 saturated heterocycles. The van der Waals surface area contributed by atoms with Crippen LogP contribution in [0.4, 0.5) is 4.79 Å². The first-order valence-electron chi connectivity index (χ1n) is 13.9. The van der Waals surface area contributed by atoms with Crippen LogP contribution in [-0.4, -0.2) is 84.4 Å². The van der Waals surface area contributed by atoms with Crippen LogP contribution in [0.15, 0.2) is 41.5 Å². The van der Waals surface area contributed by atoms with E-state index in [1.807, 2.05) is 0 Å². The lowest BCUT2D eigenvalue weighted by atomic mass is 10.1. The molecule has 2 aromatic heterocycles. The van der Waals surface area contributed by atoms with Crippen LogP contribution in [0.1, 0.15) is 50.3 Å². The number of rotatable bonds is 10. The summed E-state index contributed by atoms with van der Waals surface area (Å²) in [6.45, 7) is 2.14. The van der Waals surface area contributed by atoms with Crippen molar-refractivity contribution >= 4 is 62.1 Å². The van der Waals surface area contributed by atoms with Crippen molar-refractivity contribution < 1.29 is 53.0 Å². The van der Waals surface area contributed by atoms with Crippen LogP contribution in [-0.2, 0) is 38.0 Å². The van der Waals surface area contributed by atoms with E-state index in [9.17, 15) is 43.8 Å². The number of halogens is 2. The standard InChI is InChI=1S/C27H28Br2N4O15/c1-11(34)43-15-7-17(32-9-13(3-5-28)21(36)30-25(32)40)45-19(15)23(38)47-27(42)48-24(39)20-16(44-12(2)35)8-18(46-20)33-10-14(4-6-29)22(37)31-26(33)41/h3-6,9-10,15-20,23-24,38-39H,7-8H2,1-2H3,(H,30,36,40)(H,31,37,41)/t15?,16?,17-,18-,19+,20+,23?,24?/m0/s1. The first kappa shape index (κ1) is 36.7. The maximum Gasteiger partial charge on any atom is 0.513 e. The minimum atomic E-state index is -2.19. The van der Waals surface area contributed by atoms with Gasteiger partial charge in [-0.05, 0) is 22.1 Å². The van der Waals surface area contributed by atoms with Gasteiger partial charge in [-0.1, -0.05) is 31.9 Å². The molecule has 8 atom stereocenters. The highest BCUT2D eigenvalue weighted by molar-refractivity contribution is 9.11. The molecule has 19 nitrogen and oxygen atoms in total. The van der Waals surface area contributed by atoms with Crippen molar-refractivity contribution in [3.8, 4) is 0 Å². The first-order valence-corrected chi connectivity index (χ1v) is 15.7. The minimum absolute atomic E-state index is 0.0574. The van der Waals surface area contributed by atoms with Crippen LogP contribution in [0.2, 0.25) is 0 Å². The van der Waals surface area contributed by atoms with E-state index in [0.717, 1.165) is 23.0 Å². The highest BCUT2D eigenvalue weighted by Crippen LogP contribution is 2.34. The van der Waals surface area contributed by atoms with Crippen molar-refractivity contribution in [3.63, 3.8) is 0 Å². The predicted molar refractivity (Wildman–Crippen MR) is 166 cm³/mol. The number of hydrogen-bond donors (Lipinski definition) is 4. The molecule has 2 aliphatic heterocycles. The van der Waals surface area contributed by atoms with Crippen molar-refractivity contribution in [1.82, 2.24) is 19.1 Å². The maximum atomic E-state index is 12.6. The zero-order chi connectivity index (χ0) is 35.3. The molecule has 0 spiro atoms. The van der Waals surface area contributed by atoms with Crippen molar-refractivity contribution in [1.29, 1.82) is 0 Å². The lowest BCUT2D eigenvalue weighted by Crippen LogP contribution is -2.43. The number of esters is 2. The van der Waals surface area contributed by atoms with Gasteiger partial charge in [-0.25, -0.2) is 14.4 Å². The van der Waals surface area contributed by atoms with Crippen molar-refractivity contribution in [3.05, 3.63) is 75.2 Å². The summed E-state index contributed by atoms with van der Waals surface area (Å²) in [6, 6.07) is 0. The molecule has 2 fully saturated rings. The quantitative estimate of drug-likeness (QED) is 0.141. The topological polar surface area (TPSA) is 257 Å². The number of ether oxygens (including phenoxy) is 6. The van der Waals surface area contributed by atoms with Gasteiger partial charge in [0, 0.05) is 39.1 Å². The molecule has 21 heteroatoms. The van der Waals surface area contributed by atoms with Gasteiger partial charge >= 0.3 is 29.5 Å². The molecule has 48 heavy (non-hydrogen) atoms. The second-order valence-electron chi connectivity index (χ2n) is 10.2. The van der Waals surface area contributed by atoms with Crippen molar-refractivity contribution in [2.75, 3.05) is 0 Å². The van der Waals surface area contributed by atoms with Crippen molar-refractivity contribution in [2.45, 2.75) is 76.1 Å². The number of nitrogens with one attached hydrogen (secondary N) is 2. The largest absolute Gasteiger partial charge is 0.513 e. The molecule has 4 rings (SSSR count). The number of aromatic amines is 2. The maximum absolute atomic E-state index is 12.6. The van der Waals surface area contributed by atoms with Crippen LogP contribution in [0.25, 0.3) is 12.2 Å². The summed E-state index contributed by atoms with van der Waals surface area (Å²) in [5.74, 6) is -1.59. The van der Waals surface area contributed by atoms with Crippen LogP contribution in [0.3, 0.4) is 0 Å². The smallest absolute Gasteiger partial charge is 0.459 e. The molecule has 0 bridgehead atoms. The number of nitrogens with zero attached hydrogens (tertiary/aromatic N) is 2.